The lowest BCUT2D eigenvalue weighted by molar-refractivity contribution is 0.0755. The van der Waals surface area contributed by atoms with Gasteiger partial charge in [0, 0.05) is 18.7 Å². The number of carbonyl (C=O) groups excluding carboxylic acids is 1. The van der Waals surface area contributed by atoms with Crippen LogP contribution in [0, 0.1) is 0 Å². The molecule has 2 N–H and O–H groups in total. The maximum atomic E-state index is 12.0. The molecule has 1 aromatic rings. The molecule has 0 fully saturated rings. The van der Waals surface area contributed by atoms with Crippen molar-refractivity contribution in [3.05, 3.63) is 23.8 Å². The van der Waals surface area contributed by atoms with E-state index in [0.29, 0.717) is 23.6 Å². The summed E-state index contributed by atoms with van der Waals surface area (Å²) < 4.78 is 5.33. The molecule has 0 aliphatic carbocycles. The summed E-state index contributed by atoms with van der Waals surface area (Å²) in [5, 5.41) is 0. The van der Waals surface area contributed by atoms with Crippen molar-refractivity contribution < 1.29 is 9.53 Å². The number of ether oxygens (including phenoxy) is 1. The molecule has 0 radical (unpaired) electrons. The molecule has 17 heavy (non-hydrogen) atoms. The number of hydrogen-bond donors (Lipinski definition) is 1. The number of amides is 1. The van der Waals surface area contributed by atoms with Crippen LogP contribution in [0.2, 0.25) is 0 Å². The average Bonchev–Trinajstić information content (AvgIpc) is 2.30. The van der Waals surface area contributed by atoms with Gasteiger partial charge in [0.15, 0.2) is 0 Å². The first-order chi connectivity index (χ1) is 7.97. The average molecular weight is 236 g/mol. The van der Waals surface area contributed by atoms with Crippen LogP contribution < -0.4 is 10.5 Å². The molecule has 0 aromatic heterocycles. The molecule has 0 bridgehead atoms. The summed E-state index contributed by atoms with van der Waals surface area (Å²) in [5.74, 6) is 0.589. The lowest BCUT2D eigenvalue weighted by atomic mass is 10.1. The Labute approximate surface area is 102 Å². The summed E-state index contributed by atoms with van der Waals surface area (Å²) in [7, 11) is 1.78. The molecule has 4 heteroatoms. The zero-order valence-electron chi connectivity index (χ0n) is 10.9. The van der Waals surface area contributed by atoms with E-state index in [1.165, 1.54) is 0 Å². The van der Waals surface area contributed by atoms with Gasteiger partial charge in [0.1, 0.15) is 5.75 Å². The first-order valence-corrected chi connectivity index (χ1v) is 5.76. The van der Waals surface area contributed by atoms with E-state index >= 15 is 0 Å². The van der Waals surface area contributed by atoms with Crippen LogP contribution >= 0.6 is 0 Å². The van der Waals surface area contributed by atoms with Crippen LogP contribution in [0.4, 0.5) is 5.69 Å². The van der Waals surface area contributed by atoms with Crippen molar-refractivity contribution in [1.29, 1.82) is 0 Å². The summed E-state index contributed by atoms with van der Waals surface area (Å²) in [5.41, 5.74) is 6.91. The standard InChI is InChI=1S/C13H20N2O2/c1-5-17-12-7-6-10(8-11(12)14)13(16)15(4)9(2)3/h6-9H,5,14H2,1-4H3. The van der Waals surface area contributed by atoms with Gasteiger partial charge in [-0.15, -0.1) is 0 Å². The van der Waals surface area contributed by atoms with E-state index in [2.05, 4.69) is 0 Å². The summed E-state index contributed by atoms with van der Waals surface area (Å²) in [6, 6.07) is 5.30. The Bertz CT molecular complexity index is 402. The van der Waals surface area contributed by atoms with E-state index in [4.69, 9.17) is 10.5 Å². The van der Waals surface area contributed by atoms with Gasteiger partial charge in [-0.1, -0.05) is 0 Å². The van der Waals surface area contributed by atoms with Crippen molar-refractivity contribution in [2.24, 2.45) is 0 Å². The molecule has 0 aliphatic rings. The first kappa shape index (κ1) is 13.4. The Hall–Kier alpha value is -1.71. The lowest BCUT2D eigenvalue weighted by Crippen LogP contribution is -2.32. The molecule has 4 nitrogen and oxygen atoms in total. The van der Waals surface area contributed by atoms with E-state index in [1.807, 2.05) is 20.8 Å². The molecular weight excluding hydrogens is 216 g/mol. The maximum Gasteiger partial charge on any atom is 0.253 e. The highest BCUT2D eigenvalue weighted by Crippen LogP contribution is 2.23. The second-order valence-electron chi connectivity index (χ2n) is 4.20. The number of nitrogen functional groups attached to an aromatic ring is 1. The Morgan fingerprint density at radius 2 is 2.12 bits per heavy atom. The van der Waals surface area contributed by atoms with Crippen LogP contribution in [0.5, 0.6) is 5.75 Å². The van der Waals surface area contributed by atoms with E-state index in [9.17, 15) is 4.79 Å². The number of rotatable bonds is 4. The van der Waals surface area contributed by atoms with Gasteiger partial charge in [-0.2, -0.15) is 0 Å². The van der Waals surface area contributed by atoms with Crippen molar-refractivity contribution >= 4 is 11.6 Å². The molecule has 0 atom stereocenters. The molecule has 0 unspecified atom stereocenters. The second-order valence-corrected chi connectivity index (χ2v) is 4.20. The largest absolute Gasteiger partial charge is 0.492 e. The van der Waals surface area contributed by atoms with Crippen molar-refractivity contribution in [2.45, 2.75) is 26.8 Å². The van der Waals surface area contributed by atoms with Gasteiger partial charge in [-0.3, -0.25) is 4.79 Å². The van der Waals surface area contributed by atoms with Gasteiger partial charge in [0.05, 0.1) is 12.3 Å². The van der Waals surface area contributed by atoms with Crippen LogP contribution in [0.3, 0.4) is 0 Å². The van der Waals surface area contributed by atoms with Crippen molar-refractivity contribution in [3.8, 4) is 5.75 Å². The fourth-order valence-electron chi connectivity index (χ4n) is 1.41. The number of benzene rings is 1. The SMILES string of the molecule is CCOc1ccc(C(=O)N(C)C(C)C)cc1N. The van der Waals surface area contributed by atoms with Crippen LogP contribution in [-0.4, -0.2) is 30.5 Å². The fourth-order valence-corrected chi connectivity index (χ4v) is 1.41. The zero-order valence-corrected chi connectivity index (χ0v) is 10.9. The summed E-state index contributed by atoms with van der Waals surface area (Å²) in [4.78, 5) is 13.7. The van der Waals surface area contributed by atoms with Crippen LogP contribution in [0.1, 0.15) is 31.1 Å². The summed E-state index contributed by atoms with van der Waals surface area (Å²) >= 11 is 0. The molecule has 1 amide bonds. The highest BCUT2D eigenvalue weighted by atomic mass is 16.5. The van der Waals surface area contributed by atoms with Crippen LogP contribution in [0.25, 0.3) is 0 Å². The van der Waals surface area contributed by atoms with Gasteiger partial charge in [0.25, 0.3) is 5.91 Å². The highest BCUT2D eigenvalue weighted by Gasteiger charge is 2.15. The topological polar surface area (TPSA) is 55.6 Å². The third-order valence-corrected chi connectivity index (χ3v) is 2.65. The smallest absolute Gasteiger partial charge is 0.253 e. The Morgan fingerprint density at radius 3 is 2.59 bits per heavy atom. The Kier molecular flexibility index (Phi) is 4.37. The molecule has 0 saturated heterocycles. The van der Waals surface area contributed by atoms with Gasteiger partial charge in [-0.05, 0) is 39.0 Å². The third kappa shape index (κ3) is 3.12. The summed E-state index contributed by atoms with van der Waals surface area (Å²) in [6.07, 6.45) is 0. The number of hydrogen-bond acceptors (Lipinski definition) is 3. The molecule has 94 valence electrons. The molecule has 1 rings (SSSR count). The molecule has 0 spiro atoms. The summed E-state index contributed by atoms with van der Waals surface area (Å²) in [6.45, 7) is 6.39. The third-order valence-electron chi connectivity index (χ3n) is 2.65. The molecular formula is C13H20N2O2. The van der Waals surface area contributed by atoms with E-state index in [-0.39, 0.29) is 11.9 Å². The van der Waals surface area contributed by atoms with Crippen LogP contribution in [0.15, 0.2) is 18.2 Å². The van der Waals surface area contributed by atoms with E-state index in [0.717, 1.165) is 0 Å². The van der Waals surface area contributed by atoms with Crippen molar-refractivity contribution in [2.75, 3.05) is 19.4 Å². The lowest BCUT2D eigenvalue weighted by Gasteiger charge is -2.21. The predicted molar refractivity (Wildman–Crippen MR) is 69.3 cm³/mol. The monoisotopic (exact) mass is 236 g/mol. The molecule has 0 aliphatic heterocycles. The minimum absolute atomic E-state index is 0.0326. The first-order valence-electron chi connectivity index (χ1n) is 5.76. The van der Waals surface area contributed by atoms with Crippen LogP contribution in [-0.2, 0) is 0 Å². The number of carbonyl (C=O) groups is 1. The molecule has 0 saturated carbocycles. The molecule has 1 aromatic carbocycles. The van der Waals surface area contributed by atoms with Gasteiger partial charge < -0.3 is 15.4 Å². The number of nitrogens with two attached hydrogens (primary N) is 1. The fraction of sp³-hybridized carbons (Fsp3) is 0.462. The predicted octanol–water partition coefficient (Wildman–Crippen LogP) is 2.15. The highest BCUT2D eigenvalue weighted by molar-refractivity contribution is 5.95. The van der Waals surface area contributed by atoms with Crippen molar-refractivity contribution in [3.63, 3.8) is 0 Å². The minimum atomic E-state index is -0.0326. The second kappa shape index (κ2) is 5.57. The van der Waals surface area contributed by atoms with E-state index < -0.39 is 0 Å². The van der Waals surface area contributed by atoms with Crippen molar-refractivity contribution in [1.82, 2.24) is 4.90 Å². The molecule has 0 heterocycles. The van der Waals surface area contributed by atoms with Gasteiger partial charge in [0.2, 0.25) is 0 Å². The Morgan fingerprint density at radius 1 is 1.47 bits per heavy atom. The van der Waals surface area contributed by atoms with Gasteiger partial charge in [-0.25, -0.2) is 0 Å². The zero-order chi connectivity index (χ0) is 13.0. The number of anilines is 1. The van der Waals surface area contributed by atoms with Gasteiger partial charge >= 0.3 is 0 Å². The Balaban J connectivity index is 2.93. The minimum Gasteiger partial charge on any atom is -0.492 e. The maximum absolute atomic E-state index is 12.0. The number of nitrogens with zero attached hydrogens (tertiary/aromatic N) is 1. The van der Waals surface area contributed by atoms with E-state index in [1.54, 1.807) is 30.1 Å². The quantitative estimate of drug-likeness (QED) is 0.815. The normalized spacial score (nSPS) is 10.4.